The smallest absolute Gasteiger partial charge is 0.172 e. The molecule has 0 unspecified atom stereocenters. The van der Waals surface area contributed by atoms with Gasteiger partial charge < -0.3 is 0 Å². The molecule has 6 rings (SSSR count). The number of hydrogen-bond acceptors (Lipinski definition) is 0. The summed E-state index contributed by atoms with van der Waals surface area (Å²) in [5.74, 6) is 0. The van der Waals surface area contributed by atoms with Gasteiger partial charge in [-0.3, -0.25) is 0 Å². The van der Waals surface area contributed by atoms with Gasteiger partial charge in [-0.15, -0.1) is 39.7 Å². The van der Waals surface area contributed by atoms with Crippen LogP contribution in [0, 0.1) is 13.8 Å². The second-order valence-electron chi connectivity index (χ2n) is 13.3. The number of fused-ring (bicyclic) bond motifs is 3. The van der Waals surface area contributed by atoms with Crippen molar-refractivity contribution in [3.63, 3.8) is 0 Å². The van der Waals surface area contributed by atoms with Gasteiger partial charge in [-0.1, -0.05) is 76.9 Å². The first-order chi connectivity index (χ1) is 19.8. The van der Waals surface area contributed by atoms with Crippen LogP contribution in [-0.2, 0) is 34.2 Å². The summed E-state index contributed by atoms with van der Waals surface area (Å²) >= 11 is 1.65. The van der Waals surface area contributed by atoms with Gasteiger partial charge in [0.2, 0.25) is 0 Å². The maximum absolute atomic E-state index is 2.35. The first-order valence-corrected chi connectivity index (χ1v) is 20.0. The molecule has 0 fully saturated rings. The molecule has 0 heterocycles. The Labute approximate surface area is 268 Å². The molecule has 0 saturated carbocycles. The zero-order valence-electron chi connectivity index (χ0n) is 26.5. The second kappa shape index (κ2) is 13.7. The van der Waals surface area contributed by atoms with Crippen molar-refractivity contribution in [3.05, 3.63) is 144 Å². The monoisotopic (exact) mass is 642 g/mol. The molecule has 42 heavy (non-hydrogen) atoms. The Hall–Kier alpha value is -2.80. The molecule has 0 radical (unpaired) electrons. The Bertz CT molecular complexity index is 1600. The Morgan fingerprint density at radius 1 is 0.548 bits per heavy atom. The molecule has 0 amide bonds. The SMILES string of the molecule is CC(C)(C)c1ccc2c(c1)[cH-]c1cc(C(C)(C)C)ccc12.Cc1ccc([Si](=[Zr+2])c2ccc(C)cc2)cc1.c1cc[cH-]c1. The molecule has 0 bridgehead atoms. The fourth-order valence-electron chi connectivity index (χ4n) is 4.88. The minimum atomic E-state index is -0.488. The van der Waals surface area contributed by atoms with Crippen LogP contribution in [0.15, 0.2) is 121 Å². The predicted molar refractivity (Wildman–Crippen MR) is 184 cm³/mol. The van der Waals surface area contributed by atoms with Crippen LogP contribution >= 0.6 is 0 Å². The molecular weight excluding hydrogens is 600 g/mol. The van der Waals surface area contributed by atoms with Gasteiger partial charge in [0, 0.05) is 0 Å². The summed E-state index contributed by atoms with van der Waals surface area (Å²) in [6.45, 7) is 17.9. The van der Waals surface area contributed by atoms with E-state index in [9.17, 15) is 0 Å². The predicted octanol–water partition coefficient (Wildman–Crippen LogP) is 9.67. The van der Waals surface area contributed by atoms with Crippen molar-refractivity contribution in [2.24, 2.45) is 0 Å². The van der Waals surface area contributed by atoms with Crippen LogP contribution in [0.25, 0.3) is 21.5 Å². The van der Waals surface area contributed by atoms with Crippen molar-refractivity contribution >= 4 is 37.4 Å². The van der Waals surface area contributed by atoms with Gasteiger partial charge in [0.05, 0.1) is 0 Å². The van der Waals surface area contributed by atoms with Gasteiger partial charge in [0.25, 0.3) is 0 Å². The summed E-state index contributed by atoms with van der Waals surface area (Å²) in [5, 5.41) is 8.53. The Kier molecular flexibility index (Phi) is 10.4. The summed E-state index contributed by atoms with van der Waals surface area (Å²) in [5.41, 5.74) is 5.42. The van der Waals surface area contributed by atoms with Crippen molar-refractivity contribution in [3.8, 4) is 0 Å². The van der Waals surface area contributed by atoms with E-state index in [0.717, 1.165) is 0 Å². The molecule has 0 aliphatic rings. The summed E-state index contributed by atoms with van der Waals surface area (Å²) in [6, 6.07) is 44.2. The zero-order valence-corrected chi connectivity index (χ0v) is 30.0. The third kappa shape index (κ3) is 8.40. The molecule has 6 aromatic carbocycles. The van der Waals surface area contributed by atoms with E-state index >= 15 is 0 Å². The number of aryl methyl sites for hydroxylation is 2. The van der Waals surface area contributed by atoms with E-state index in [0.29, 0.717) is 0 Å². The largest absolute Gasteiger partial charge is 0.214 e. The van der Waals surface area contributed by atoms with E-state index in [-0.39, 0.29) is 10.8 Å². The summed E-state index contributed by atoms with van der Waals surface area (Å²) < 4.78 is 0. The van der Waals surface area contributed by atoms with Crippen LogP contribution in [0.5, 0.6) is 0 Å². The molecule has 0 atom stereocenters. The molecular formula is C40H44SiZr. The van der Waals surface area contributed by atoms with Crippen molar-refractivity contribution in [2.75, 3.05) is 0 Å². The van der Waals surface area contributed by atoms with Crippen molar-refractivity contribution < 1.29 is 23.3 Å². The van der Waals surface area contributed by atoms with E-state index in [1.807, 2.05) is 30.3 Å². The van der Waals surface area contributed by atoms with Crippen molar-refractivity contribution in [1.82, 2.24) is 0 Å². The maximum Gasteiger partial charge on any atom is -0.172 e. The molecule has 0 N–H and O–H groups in total. The Morgan fingerprint density at radius 2 is 0.929 bits per heavy atom. The van der Waals surface area contributed by atoms with Crippen LogP contribution in [0.2, 0.25) is 0 Å². The van der Waals surface area contributed by atoms with Crippen LogP contribution < -0.4 is 10.4 Å². The van der Waals surface area contributed by atoms with E-state index < -0.39 is 5.43 Å². The van der Waals surface area contributed by atoms with Crippen LogP contribution in [-0.4, -0.2) is 5.43 Å². The van der Waals surface area contributed by atoms with E-state index in [1.54, 1.807) is 23.3 Å². The van der Waals surface area contributed by atoms with Crippen LogP contribution in [0.4, 0.5) is 0 Å². The Morgan fingerprint density at radius 3 is 1.24 bits per heavy atom. The first kappa shape index (κ1) is 32.1. The molecule has 0 aliphatic carbocycles. The molecule has 212 valence electrons. The first-order valence-electron chi connectivity index (χ1n) is 14.9. The fourth-order valence-corrected chi connectivity index (χ4v) is 8.67. The standard InChI is InChI=1S/C21H25.C14H14Si.C5H5.Zr/c1-20(2,3)16-7-9-18-14(12-16)11-15-13-17(21(4,5)6)8-10-19(15)18;1-11-3-7-13(8-4-11)15-14-9-5-12(2)6-10-14;1-2-4-5-3-1;/h7-13H,1-6H3;3-10H,1-2H3;1-5H;/q-1;;-1;+2. The normalized spacial score (nSPS) is 11.5. The van der Waals surface area contributed by atoms with Crippen molar-refractivity contribution in [1.29, 1.82) is 0 Å². The molecule has 0 aromatic heterocycles. The molecule has 0 spiro atoms. The summed E-state index contributed by atoms with van der Waals surface area (Å²) in [4.78, 5) is 0. The quantitative estimate of drug-likeness (QED) is 0.130. The fraction of sp³-hybridized carbons (Fsp3) is 0.250. The van der Waals surface area contributed by atoms with Crippen LogP contribution in [0.3, 0.4) is 0 Å². The molecule has 0 saturated heterocycles. The van der Waals surface area contributed by atoms with E-state index in [4.69, 9.17) is 0 Å². The molecule has 0 nitrogen and oxygen atoms in total. The topological polar surface area (TPSA) is 0 Å². The minimum Gasteiger partial charge on any atom is -0.214 e. The third-order valence-corrected chi connectivity index (χ3v) is 13.8. The Balaban J connectivity index is 0.000000170. The zero-order chi connectivity index (χ0) is 30.5. The van der Waals surface area contributed by atoms with E-state index in [2.05, 4.69) is 146 Å². The number of rotatable bonds is 2. The minimum absolute atomic E-state index is 0.203. The number of hydrogen-bond donors (Lipinski definition) is 0. The van der Waals surface area contributed by atoms with Gasteiger partial charge in [-0.25, -0.2) is 12.1 Å². The van der Waals surface area contributed by atoms with E-state index in [1.165, 1.54) is 54.2 Å². The maximum atomic E-state index is 2.35. The van der Waals surface area contributed by atoms with Gasteiger partial charge in [-0.2, -0.15) is 18.2 Å². The van der Waals surface area contributed by atoms with Crippen LogP contribution in [0.1, 0.15) is 63.8 Å². The van der Waals surface area contributed by atoms with Gasteiger partial charge >= 0.3 is 113 Å². The van der Waals surface area contributed by atoms with Crippen molar-refractivity contribution in [2.45, 2.75) is 66.2 Å². The molecule has 2 heteroatoms. The van der Waals surface area contributed by atoms with Gasteiger partial charge in [0.1, 0.15) is 0 Å². The summed E-state index contributed by atoms with van der Waals surface area (Å²) in [6.07, 6.45) is 0. The third-order valence-electron chi connectivity index (χ3n) is 7.67. The molecule has 6 aromatic rings. The van der Waals surface area contributed by atoms with Gasteiger partial charge in [-0.05, 0) is 10.8 Å². The summed E-state index contributed by atoms with van der Waals surface area (Å²) in [7, 11) is 0. The van der Waals surface area contributed by atoms with Gasteiger partial charge in [0.15, 0.2) is 0 Å². The number of benzene rings is 4. The average molecular weight is 644 g/mol. The second-order valence-corrected chi connectivity index (χ2v) is 18.9. The molecule has 0 aliphatic heterocycles. The average Bonchev–Trinajstić information content (AvgIpc) is 3.64.